The molecule has 0 aromatic heterocycles. The van der Waals surface area contributed by atoms with Crippen LogP contribution in [0.2, 0.25) is 0 Å². The fourth-order valence-corrected chi connectivity index (χ4v) is 3.90. The Labute approximate surface area is 213 Å². The van der Waals surface area contributed by atoms with Gasteiger partial charge in [-0.15, -0.1) is 0 Å². The van der Waals surface area contributed by atoms with Crippen molar-refractivity contribution in [2.45, 2.75) is 25.6 Å². The molecule has 0 spiro atoms. The first-order valence-corrected chi connectivity index (χ1v) is 11.7. The molecule has 0 bridgehead atoms. The van der Waals surface area contributed by atoms with Gasteiger partial charge < -0.3 is 14.6 Å². The molecule has 1 aliphatic rings. The first kappa shape index (κ1) is 26.0. The second-order valence-electron chi connectivity index (χ2n) is 8.53. The minimum absolute atomic E-state index is 0.0280. The lowest BCUT2D eigenvalue weighted by Gasteiger charge is -2.19. The van der Waals surface area contributed by atoms with E-state index in [-0.39, 0.29) is 29.7 Å². The van der Waals surface area contributed by atoms with Gasteiger partial charge in [0.25, 0.3) is 0 Å². The topological polar surface area (TPSA) is 55.8 Å². The zero-order chi connectivity index (χ0) is 26.5. The van der Waals surface area contributed by atoms with Crippen molar-refractivity contribution in [3.8, 4) is 22.3 Å². The molecule has 0 saturated carbocycles. The van der Waals surface area contributed by atoms with Crippen LogP contribution in [-0.2, 0) is 9.47 Å². The van der Waals surface area contributed by atoms with E-state index >= 15 is 0 Å². The molecule has 190 valence electrons. The Morgan fingerprint density at radius 2 is 1.57 bits per heavy atom. The van der Waals surface area contributed by atoms with Crippen LogP contribution in [0, 0.1) is 11.6 Å². The standard InChI is InChI=1S/C30H25F3O4/c1-3-16-36-23-12-15-27(26(31)17-23)37-30(35)22-10-8-21(9-11-22)25-14-13-24(28(32)29(25)33)20-6-4-19(5-7-20)18(2)34/h3-14,17-18,27,34H,1,15-16H2,2H3. The molecule has 37 heavy (non-hydrogen) atoms. The summed E-state index contributed by atoms with van der Waals surface area (Å²) in [6.45, 7) is 5.38. The third-order valence-electron chi connectivity index (χ3n) is 5.96. The number of aliphatic hydroxyl groups excluding tert-OH is 1. The van der Waals surface area contributed by atoms with E-state index in [0.717, 1.165) is 6.08 Å². The quantitative estimate of drug-likeness (QED) is 0.259. The van der Waals surface area contributed by atoms with E-state index in [2.05, 4.69) is 6.58 Å². The van der Waals surface area contributed by atoms with Crippen molar-refractivity contribution in [3.63, 3.8) is 0 Å². The van der Waals surface area contributed by atoms with Crippen LogP contribution in [0.5, 0.6) is 0 Å². The predicted octanol–water partition coefficient (Wildman–Crippen LogP) is 7.22. The second kappa shape index (κ2) is 11.3. The summed E-state index contributed by atoms with van der Waals surface area (Å²) in [4.78, 5) is 12.5. The Morgan fingerprint density at radius 3 is 2.08 bits per heavy atom. The van der Waals surface area contributed by atoms with Gasteiger partial charge in [-0.3, -0.25) is 0 Å². The molecule has 0 amide bonds. The molecule has 2 atom stereocenters. The molecule has 3 aromatic carbocycles. The molecule has 2 unspecified atom stereocenters. The van der Waals surface area contributed by atoms with Gasteiger partial charge in [-0.05, 0) is 41.8 Å². The fraction of sp³-hybridized carbons (Fsp3) is 0.167. The van der Waals surface area contributed by atoms with Crippen LogP contribution in [0.1, 0.15) is 35.4 Å². The Hall–Kier alpha value is -4.10. The van der Waals surface area contributed by atoms with Crippen molar-refractivity contribution in [1.29, 1.82) is 0 Å². The third kappa shape index (κ3) is 5.84. The molecule has 0 saturated heterocycles. The zero-order valence-electron chi connectivity index (χ0n) is 20.1. The molecule has 4 nitrogen and oxygen atoms in total. The Bertz CT molecular complexity index is 1360. The maximum atomic E-state index is 15.0. The number of esters is 1. The van der Waals surface area contributed by atoms with Gasteiger partial charge in [0.2, 0.25) is 0 Å². The Kier molecular flexibility index (Phi) is 7.94. The highest BCUT2D eigenvalue weighted by Crippen LogP contribution is 2.32. The molecule has 1 aliphatic carbocycles. The average Bonchev–Trinajstić information content (AvgIpc) is 2.90. The second-order valence-corrected chi connectivity index (χ2v) is 8.53. The summed E-state index contributed by atoms with van der Waals surface area (Å²) in [5.74, 6) is -3.07. The van der Waals surface area contributed by atoms with Crippen molar-refractivity contribution < 1.29 is 32.5 Å². The van der Waals surface area contributed by atoms with Gasteiger partial charge in [-0.1, -0.05) is 61.2 Å². The highest BCUT2D eigenvalue weighted by molar-refractivity contribution is 5.90. The summed E-state index contributed by atoms with van der Waals surface area (Å²) in [5, 5.41) is 9.64. The van der Waals surface area contributed by atoms with Gasteiger partial charge in [0.15, 0.2) is 17.7 Å². The number of aliphatic hydroxyl groups is 1. The molecule has 0 heterocycles. The van der Waals surface area contributed by atoms with Gasteiger partial charge in [0.1, 0.15) is 18.2 Å². The largest absolute Gasteiger partial charge is 0.490 e. The van der Waals surface area contributed by atoms with Gasteiger partial charge in [-0.2, -0.15) is 0 Å². The summed E-state index contributed by atoms with van der Waals surface area (Å²) in [6.07, 6.45) is 2.71. The number of benzene rings is 3. The van der Waals surface area contributed by atoms with Gasteiger partial charge in [0, 0.05) is 23.6 Å². The molecular formula is C30H25F3O4. The van der Waals surface area contributed by atoms with Crippen molar-refractivity contribution in [1.82, 2.24) is 0 Å². The normalized spacial score (nSPS) is 15.9. The van der Waals surface area contributed by atoms with Crippen LogP contribution < -0.4 is 0 Å². The number of hydrogen-bond donors (Lipinski definition) is 1. The highest BCUT2D eigenvalue weighted by atomic mass is 19.2. The van der Waals surface area contributed by atoms with Crippen molar-refractivity contribution in [2.24, 2.45) is 0 Å². The maximum absolute atomic E-state index is 15.0. The van der Waals surface area contributed by atoms with E-state index in [1.807, 2.05) is 0 Å². The van der Waals surface area contributed by atoms with Crippen molar-refractivity contribution >= 4 is 5.97 Å². The van der Waals surface area contributed by atoms with Crippen molar-refractivity contribution in [3.05, 3.63) is 120 Å². The summed E-state index contributed by atoms with van der Waals surface area (Å²) >= 11 is 0. The van der Waals surface area contributed by atoms with Gasteiger partial charge in [-0.25, -0.2) is 18.0 Å². The lowest BCUT2D eigenvalue weighted by atomic mass is 9.97. The number of ether oxygens (including phenoxy) is 2. The first-order valence-electron chi connectivity index (χ1n) is 11.7. The van der Waals surface area contributed by atoms with E-state index in [1.165, 1.54) is 42.5 Å². The number of hydrogen-bond acceptors (Lipinski definition) is 4. The fourth-order valence-electron chi connectivity index (χ4n) is 3.90. The van der Waals surface area contributed by atoms with Crippen LogP contribution in [0.4, 0.5) is 13.2 Å². The molecule has 1 N–H and O–H groups in total. The summed E-state index contributed by atoms with van der Waals surface area (Å²) < 4.78 is 54.8. The van der Waals surface area contributed by atoms with Crippen molar-refractivity contribution in [2.75, 3.05) is 6.61 Å². The van der Waals surface area contributed by atoms with E-state index in [1.54, 1.807) is 37.3 Å². The lowest BCUT2D eigenvalue weighted by Crippen LogP contribution is -2.21. The molecule has 0 aliphatic heterocycles. The van der Waals surface area contributed by atoms with E-state index in [4.69, 9.17) is 9.47 Å². The Morgan fingerprint density at radius 1 is 1.00 bits per heavy atom. The van der Waals surface area contributed by atoms with Gasteiger partial charge in [0.05, 0.1) is 11.7 Å². The summed E-state index contributed by atoms with van der Waals surface area (Å²) in [5.41, 5.74) is 1.77. The van der Waals surface area contributed by atoms with Gasteiger partial charge >= 0.3 is 5.97 Å². The maximum Gasteiger partial charge on any atom is 0.338 e. The summed E-state index contributed by atoms with van der Waals surface area (Å²) in [6, 6.07) is 15.3. The zero-order valence-corrected chi connectivity index (χ0v) is 20.1. The van der Waals surface area contributed by atoms with Crippen LogP contribution in [-0.4, -0.2) is 23.8 Å². The molecule has 4 rings (SSSR count). The molecule has 7 heteroatoms. The smallest absolute Gasteiger partial charge is 0.338 e. The highest BCUT2D eigenvalue weighted by Gasteiger charge is 2.24. The SMILES string of the molecule is C=CCOC1=CCC(OC(=O)c2ccc(-c3ccc(-c4ccc(C(C)O)cc4)c(F)c3F)cc2)C(F)=C1. The number of carbonyl (C=O) groups excluding carboxylic acids is 1. The minimum Gasteiger partial charge on any atom is -0.490 e. The minimum atomic E-state index is -1.07. The molecule has 3 aromatic rings. The van der Waals surface area contributed by atoms with E-state index < -0.39 is 35.6 Å². The lowest BCUT2D eigenvalue weighted by molar-refractivity contribution is 0.0328. The van der Waals surface area contributed by atoms with Crippen LogP contribution in [0.3, 0.4) is 0 Å². The molecular weight excluding hydrogens is 481 g/mol. The predicted molar refractivity (Wildman–Crippen MR) is 135 cm³/mol. The van der Waals surface area contributed by atoms with E-state index in [0.29, 0.717) is 22.4 Å². The third-order valence-corrected chi connectivity index (χ3v) is 5.96. The number of carbonyl (C=O) groups is 1. The number of allylic oxidation sites excluding steroid dienone is 1. The van der Waals surface area contributed by atoms with E-state index in [9.17, 15) is 23.1 Å². The number of rotatable bonds is 8. The molecule has 0 fully saturated rings. The Balaban J connectivity index is 1.47. The van der Waals surface area contributed by atoms with Crippen LogP contribution in [0.15, 0.2) is 97.1 Å². The van der Waals surface area contributed by atoms with Crippen LogP contribution >= 0.6 is 0 Å². The average molecular weight is 507 g/mol. The number of halogens is 3. The molecule has 0 radical (unpaired) electrons. The summed E-state index contributed by atoms with van der Waals surface area (Å²) in [7, 11) is 0. The first-order chi connectivity index (χ1) is 17.8. The monoisotopic (exact) mass is 506 g/mol. The van der Waals surface area contributed by atoms with Crippen LogP contribution in [0.25, 0.3) is 22.3 Å².